The molecule has 3 aromatic carbocycles. The number of phenols is 1. The maximum atomic E-state index is 8.73. The quantitative estimate of drug-likeness (QED) is 0.376. The van der Waals surface area contributed by atoms with Crippen LogP contribution in [-0.2, 0) is 0 Å². The monoisotopic (exact) mass is 405 g/mol. The average molecular weight is 405 g/mol. The molecule has 7 N–H and O–H groups in total. The van der Waals surface area contributed by atoms with Crippen LogP contribution in [0.4, 0.5) is 5.69 Å². The Morgan fingerprint density at radius 3 is 1.17 bits per heavy atom. The van der Waals surface area contributed by atoms with E-state index in [4.69, 9.17) is 10.8 Å². The van der Waals surface area contributed by atoms with Crippen molar-refractivity contribution in [3.63, 3.8) is 0 Å². The Kier molecular flexibility index (Phi) is 9.83. The number of hydrogen-bond acceptors (Lipinski definition) is 6. The van der Waals surface area contributed by atoms with E-state index < -0.39 is 0 Å². The van der Waals surface area contributed by atoms with Crippen molar-refractivity contribution in [2.45, 2.75) is 0 Å². The van der Waals surface area contributed by atoms with Crippen LogP contribution >= 0.6 is 0 Å². The molecular weight excluding hydrogens is 382 g/mol. The summed E-state index contributed by atoms with van der Waals surface area (Å²) in [4.78, 5) is 16.5. The van der Waals surface area contributed by atoms with Crippen LogP contribution in [0.5, 0.6) is 5.75 Å². The van der Waals surface area contributed by atoms with E-state index in [1.165, 1.54) is 6.07 Å². The van der Waals surface area contributed by atoms with E-state index >= 15 is 0 Å². The van der Waals surface area contributed by atoms with Crippen molar-refractivity contribution in [3.8, 4) is 5.75 Å². The first-order valence-corrected chi connectivity index (χ1v) is 8.58. The van der Waals surface area contributed by atoms with Gasteiger partial charge in [0.1, 0.15) is 5.75 Å². The molecule has 5 rings (SSSR count). The van der Waals surface area contributed by atoms with Gasteiger partial charge in [0.2, 0.25) is 0 Å². The number of rotatable bonds is 0. The van der Waals surface area contributed by atoms with Gasteiger partial charge in [-0.05, 0) is 36.4 Å². The Morgan fingerprint density at radius 1 is 0.533 bits per heavy atom. The smallest absolute Gasteiger partial charge is 0.117 e. The van der Waals surface area contributed by atoms with Gasteiger partial charge in [-0.1, -0.05) is 30.3 Å². The van der Waals surface area contributed by atoms with Gasteiger partial charge in [0.25, 0.3) is 0 Å². The molecule has 0 saturated heterocycles. The fraction of sp³-hybridized carbons (Fsp3) is 0. The Labute approximate surface area is 173 Å². The number of aromatic nitrogens is 4. The highest BCUT2D eigenvalue weighted by molar-refractivity contribution is 5.73. The summed E-state index contributed by atoms with van der Waals surface area (Å²) in [6.07, 6.45) is 6.79. The summed E-state index contributed by atoms with van der Waals surface area (Å²) >= 11 is 0. The Hall–Kier alpha value is -4.14. The largest absolute Gasteiger partial charge is 0.508 e. The molecular formula is C22H23N5O3. The number of nitrogens with zero attached hydrogens (tertiary/aromatic N) is 4. The second-order valence-electron chi connectivity index (χ2n) is 5.69. The summed E-state index contributed by atoms with van der Waals surface area (Å²) in [6, 6.07) is 22.1. The van der Waals surface area contributed by atoms with E-state index in [2.05, 4.69) is 19.9 Å². The minimum Gasteiger partial charge on any atom is -0.508 e. The van der Waals surface area contributed by atoms with Gasteiger partial charge in [0.05, 0.1) is 22.1 Å². The predicted octanol–water partition coefficient (Wildman–Crippen LogP) is 2.58. The van der Waals surface area contributed by atoms with E-state index in [-0.39, 0.29) is 16.7 Å². The SMILES string of the molecule is Nc1cccc(O)c1.O.O.c1ccc2nccnc2c1.c1ccc2nccnc2c1. The second-order valence-corrected chi connectivity index (χ2v) is 5.69. The summed E-state index contributed by atoms with van der Waals surface area (Å²) in [7, 11) is 0. The standard InChI is InChI=1S/2C8H6N2.C6H7NO.2H2O/c2*1-2-4-8-7(3-1)9-5-6-10-8;7-5-2-1-3-6(8)4-5;;/h2*1-6H;1-4,8H,7H2;2*1H2. The molecule has 0 spiro atoms. The Morgan fingerprint density at radius 2 is 0.900 bits per heavy atom. The summed E-state index contributed by atoms with van der Waals surface area (Å²) in [5.41, 5.74) is 9.68. The van der Waals surface area contributed by atoms with Gasteiger partial charge in [-0.3, -0.25) is 19.9 Å². The molecule has 0 atom stereocenters. The first-order valence-electron chi connectivity index (χ1n) is 8.58. The van der Waals surface area contributed by atoms with Gasteiger partial charge in [-0.2, -0.15) is 0 Å². The van der Waals surface area contributed by atoms with Crippen molar-refractivity contribution < 1.29 is 16.1 Å². The molecule has 0 aliphatic rings. The number of hydrogen-bond donors (Lipinski definition) is 2. The highest BCUT2D eigenvalue weighted by atomic mass is 16.3. The highest BCUT2D eigenvalue weighted by Gasteiger charge is 1.89. The second kappa shape index (κ2) is 12.3. The van der Waals surface area contributed by atoms with E-state index in [9.17, 15) is 0 Å². The number of nitrogens with two attached hydrogens (primary N) is 1. The van der Waals surface area contributed by atoms with Gasteiger partial charge < -0.3 is 21.8 Å². The highest BCUT2D eigenvalue weighted by Crippen LogP contribution is 2.11. The van der Waals surface area contributed by atoms with Gasteiger partial charge in [-0.25, -0.2) is 0 Å². The summed E-state index contributed by atoms with van der Waals surface area (Å²) < 4.78 is 0. The van der Waals surface area contributed by atoms with Gasteiger partial charge in [-0.15, -0.1) is 0 Å². The molecule has 2 heterocycles. The third-order valence-electron chi connectivity index (χ3n) is 3.62. The lowest BCUT2D eigenvalue weighted by molar-refractivity contribution is 0.475. The molecule has 0 amide bonds. The van der Waals surface area contributed by atoms with Gasteiger partial charge in [0, 0.05) is 36.5 Å². The van der Waals surface area contributed by atoms with Crippen molar-refractivity contribution in [1.82, 2.24) is 19.9 Å². The third kappa shape index (κ3) is 7.12. The van der Waals surface area contributed by atoms with Crippen LogP contribution in [0.2, 0.25) is 0 Å². The van der Waals surface area contributed by atoms with Crippen molar-refractivity contribution in [2.24, 2.45) is 0 Å². The van der Waals surface area contributed by atoms with E-state index in [1.54, 1.807) is 43.0 Å². The summed E-state index contributed by atoms with van der Waals surface area (Å²) in [6.45, 7) is 0. The molecule has 154 valence electrons. The minimum atomic E-state index is 0. The number of aromatic hydroxyl groups is 1. The molecule has 0 saturated carbocycles. The van der Waals surface area contributed by atoms with Crippen LogP contribution in [-0.4, -0.2) is 36.0 Å². The zero-order valence-corrected chi connectivity index (χ0v) is 16.1. The predicted molar refractivity (Wildman–Crippen MR) is 119 cm³/mol. The maximum absolute atomic E-state index is 8.73. The number of para-hydroxylation sites is 4. The fourth-order valence-electron chi connectivity index (χ4n) is 2.34. The van der Waals surface area contributed by atoms with Crippen LogP contribution in [0.15, 0.2) is 97.6 Å². The van der Waals surface area contributed by atoms with Crippen molar-refractivity contribution in [1.29, 1.82) is 0 Å². The number of nitrogen functional groups attached to an aromatic ring is 1. The first kappa shape index (κ1) is 23.9. The fourth-order valence-corrected chi connectivity index (χ4v) is 2.34. The molecule has 5 aromatic rings. The molecule has 8 heteroatoms. The average Bonchev–Trinajstić information content (AvgIpc) is 2.75. The lowest BCUT2D eigenvalue weighted by atomic mass is 10.3. The molecule has 0 fully saturated rings. The van der Waals surface area contributed by atoms with Crippen LogP contribution in [0, 0.1) is 0 Å². The first-order chi connectivity index (χ1) is 13.7. The molecule has 30 heavy (non-hydrogen) atoms. The molecule has 0 aliphatic heterocycles. The lowest BCUT2D eigenvalue weighted by Gasteiger charge is -1.90. The minimum absolute atomic E-state index is 0. The number of phenolic OH excluding ortho intramolecular Hbond substituents is 1. The van der Waals surface area contributed by atoms with Crippen molar-refractivity contribution in [3.05, 3.63) is 97.6 Å². The lowest BCUT2D eigenvalue weighted by Crippen LogP contribution is -1.80. The maximum Gasteiger partial charge on any atom is 0.117 e. The zero-order chi connectivity index (χ0) is 19.6. The third-order valence-corrected chi connectivity index (χ3v) is 3.62. The number of anilines is 1. The van der Waals surface area contributed by atoms with Gasteiger partial charge in [0.15, 0.2) is 0 Å². The van der Waals surface area contributed by atoms with Crippen molar-refractivity contribution >= 4 is 27.8 Å². The molecule has 0 radical (unpaired) electrons. The molecule has 0 aliphatic carbocycles. The van der Waals surface area contributed by atoms with E-state index in [1.807, 2.05) is 48.5 Å². The molecule has 0 unspecified atom stereocenters. The zero-order valence-electron chi connectivity index (χ0n) is 16.1. The van der Waals surface area contributed by atoms with Crippen LogP contribution in [0.1, 0.15) is 0 Å². The topological polar surface area (TPSA) is 161 Å². The normalized spacial score (nSPS) is 9.07. The molecule has 8 nitrogen and oxygen atoms in total. The number of fused-ring (bicyclic) bond motifs is 2. The van der Waals surface area contributed by atoms with Crippen molar-refractivity contribution in [2.75, 3.05) is 5.73 Å². The van der Waals surface area contributed by atoms with Gasteiger partial charge >= 0.3 is 0 Å². The van der Waals surface area contributed by atoms with Crippen LogP contribution in [0.3, 0.4) is 0 Å². The van der Waals surface area contributed by atoms with E-state index in [0.29, 0.717) is 5.69 Å². The molecule has 2 aromatic heterocycles. The Balaban J connectivity index is 0.000000220. The number of benzene rings is 3. The van der Waals surface area contributed by atoms with Crippen LogP contribution in [0.25, 0.3) is 22.1 Å². The van der Waals surface area contributed by atoms with Crippen LogP contribution < -0.4 is 5.73 Å². The Bertz CT molecular complexity index is 952. The summed E-state index contributed by atoms with van der Waals surface area (Å²) in [5, 5.41) is 8.73. The van der Waals surface area contributed by atoms with E-state index in [0.717, 1.165) is 22.1 Å². The molecule has 0 bridgehead atoms. The summed E-state index contributed by atoms with van der Waals surface area (Å²) in [5.74, 6) is 0.213.